The molecule has 2 amide bonds. The highest BCUT2D eigenvalue weighted by Gasteiger charge is 2.34. The van der Waals surface area contributed by atoms with Crippen molar-refractivity contribution in [1.29, 1.82) is 0 Å². The maximum absolute atomic E-state index is 11.9. The fourth-order valence-corrected chi connectivity index (χ4v) is 3.12. The Hall–Kier alpha value is -2.68. The predicted molar refractivity (Wildman–Crippen MR) is 95.0 cm³/mol. The Balaban J connectivity index is 1.69. The number of amides is 2. The lowest BCUT2D eigenvalue weighted by Gasteiger charge is -2.42. The van der Waals surface area contributed by atoms with E-state index in [1.165, 1.54) is 6.07 Å². The molecule has 1 aromatic carbocycles. The van der Waals surface area contributed by atoms with Gasteiger partial charge >= 0.3 is 12.0 Å². The number of carbonyl (C=O) groups is 2. The normalized spacial score (nSPS) is 18.8. The second kappa shape index (κ2) is 9.14. The van der Waals surface area contributed by atoms with Crippen molar-refractivity contribution in [3.05, 3.63) is 39.9 Å². The van der Waals surface area contributed by atoms with Crippen LogP contribution < -0.4 is 10.6 Å². The van der Waals surface area contributed by atoms with Crippen LogP contribution in [0.4, 0.5) is 10.5 Å². The van der Waals surface area contributed by atoms with Crippen molar-refractivity contribution in [2.45, 2.75) is 38.3 Å². The van der Waals surface area contributed by atoms with Crippen molar-refractivity contribution < 1.29 is 19.6 Å². The van der Waals surface area contributed by atoms with Gasteiger partial charge in [0.2, 0.25) is 0 Å². The van der Waals surface area contributed by atoms with Crippen LogP contribution in [-0.4, -0.2) is 58.6 Å². The lowest BCUT2D eigenvalue weighted by Crippen LogP contribution is -2.56. The van der Waals surface area contributed by atoms with Gasteiger partial charge < -0.3 is 15.7 Å². The summed E-state index contributed by atoms with van der Waals surface area (Å²) in [6, 6.07) is 6.35. The molecule has 26 heavy (non-hydrogen) atoms. The highest BCUT2D eigenvalue weighted by atomic mass is 16.6. The lowest BCUT2D eigenvalue weighted by atomic mass is 9.85. The quantitative estimate of drug-likeness (QED) is 0.449. The minimum Gasteiger partial charge on any atom is -0.480 e. The molecule has 0 bridgehead atoms. The van der Waals surface area contributed by atoms with Gasteiger partial charge in [-0.15, -0.1) is 0 Å². The van der Waals surface area contributed by atoms with E-state index in [0.717, 1.165) is 12.8 Å². The standard InChI is InChI=1S/C17H24N4O5/c1-2-20(11-16(22)23)14-9-13(10-14)19-17(24)18-8-7-12-5-3-4-6-15(12)21(25)26/h3-6,13-14H,2,7-11H2,1H3,(H,22,23)(H2,18,19,24). The number of nitro benzene ring substituents is 1. The molecule has 0 saturated heterocycles. The van der Waals surface area contributed by atoms with Crippen LogP contribution in [0.25, 0.3) is 0 Å². The van der Waals surface area contributed by atoms with Crippen molar-refractivity contribution in [2.75, 3.05) is 19.6 Å². The summed E-state index contributed by atoms with van der Waals surface area (Å²) in [5, 5.41) is 25.4. The van der Waals surface area contributed by atoms with Crippen molar-refractivity contribution >= 4 is 17.7 Å². The van der Waals surface area contributed by atoms with Gasteiger partial charge in [0.1, 0.15) is 0 Å². The molecule has 1 aromatic rings. The second-order valence-corrected chi connectivity index (χ2v) is 6.32. The molecule has 0 spiro atoms. The summed E-state index contributed by atoms with van der Waals surface area (Å²) in [5.74, 6) is -0.851. The van der Waals surface area contributed by atoms with E-state index >= 15 is 0 Å². The summed E-state index contributed by atoms with van der Waals surface area (Å²) in [4.78, 5) is 35.1. The Labute approximate surface area is 151 Å². The molecule has 3 N–H and O–H groups in total. The predicted octanol–water partition coefficient (Wildman–Crippen LogP) is 1.37. The summed E-state index contributed by atoms with van der Waals surface area (Å²) < 4.78 is 0. The number of carboxylic acids is 1. The summed E-state index contributed by atoms with van der Waals surface area (Å²) in [5.41, 5.74) is 0.628. The Morgan fingerprint density at radius 3 is 2.65 bits per heavy atom. The Morgan fingerprint density at radius 1 is 1.35 bits per heavy atom. The van der Waals surface area contributed by atoms with Crippen LogP contribution in [-0.2, 0) is 11.2 Å². The SMILES string of the molecule is CCN(CC(=O)O)C1CC(NC(=O)NCCc2ccccc2[N+](=O)[O-])C1. The zero-order valence-corrected chi connectivity index (χ0v) is 14.7. The third-order valence-electron chi connectivity index (χ3n) is 4.58. The fourth-order valence-electron chi connectivity index (χ4n) is 3.12. The van der Waals surface area contributed by atoms with Gasteiger partial charge in [0.25, 0.3) is 5.69 Å². The molecule has 0 aromatic heterocycles. The van der Waals surface area contributed by atoms with E-state index in [0.29, 0.717) is 25.1 Å². The molecular formula is C17H24N4O5. The van der Waals surface area contributed by atoms with Gasteiger partial charge in [0.15, 0.2) is 0 Å². The van der Waals surface area contributed by atoms with Crippen LogP contribution >= 0.6 is 0 Å². The van der Waals surface area contributed by atoms with Crippen molar-refractivity contribution in [1.82, 2.24) is 15.5 Å². The molecule has 9 heteroatoms. The summed E-state index contributed by atoms with van der Waals surface area (Å²) in [7, 11) is 0. The summed E-state index contributed by atoms with van der Waals surface area (Å²) in [6.45, 7) is 2.88. The van der Waals surface area contributed by atoms with Gasteiger partial charge in [-0.2, -0.15) is 0 Å². The maximum atomic E-state index is 11.9. The number of carbonyl (C=O) groups excluding carboxylic acids is 1. The number of urea groups is 1. The van der Waals surface area contributed by atoms with Crippen LogP contribution in [0.1, 0.15) is 25.3 Å². The Kier molecular flexibility index (Phi) is 6.90. The van der Waals surface area contributed by atoms with Gasteiger partial charge in [-0.05, 0) is 25.8 Å². The maximum Gasteiger partial charge on any atom is 0.317 e. The van der Waals surface area contributed by atoms with Crippen LogP contribution in [0.5, 0.6) is 0 Å². The number of rotatable bonds is 9. The molecule has 1 aliphatic carbocycles. The first-order valence-electron chi connectivity index (χ1n) is 8.63. The number of hydrogen-bond acceptors (Lipinski definition) is 5. The van der Waals surface area contributed by atoms with Crippen LogP contribution in [0.15, 0.2) is 24.3 Å². The molecule has 0 heterocycles. The number of nitro groups is 1. The first kappa shape index (κ1) is 19.6. The number of nitrogens with zero attached hydrogens (tertiary/aromatic N) is 2. The van der Waals surface area contributed by atoms with Gasteiger partial charge in [-0.25, -0.2) is 4.79 Å². The second-order valence-electron chi connectivity index (χ2n) is 6.32. The van der Waals surface area contributed by atoms with Gasteiger partial charge in [-0.1, -0.05) is 25.1 Å². The number of benzene rings is 1. The molecule has 2 rings (SSSR count). The third kappa shape index (κ3) is 5.41. The number of aliphatic carboxylic acids is 1. The Bertz CT molecular complexity index is 660. The number of hydrogen-bond donors (Lipinski definition) is 3. The van der Waals surface area contributed by atoms with Crippen LogP contribution in [0.3, 0.4) is 0 Å². The first-order valence-corrected chi connectivity index (χ1v) is 8.63. The zero-order valence-electron chi connectivity index (χ0n) is 14.7. The fraction of sp³-hybridized carbons (Fsp3) is 0.529. The largest absolute Gasteiger partial charge is 0.480 e. The van der Waals surface area contributed by atoms with E-state index in [4.69, 9.17) is 5.11 Å². The number of nitrogens with one attached hydrogen (secondary N) is 2. The zero-order chi connectivity index (χ0) is 19.1. The van der Waals surface area contributed by atoms with Gasteiger partial charge in [-0.3, -0.25) is 19.8 Å². The monoisotopic (exact) mass is 364 g/mol. The van der Waals surface area contributed by atoms with Gasteiger partial charge in [0, 0.05) is 30.3 Å². The average Bonchev–Trinajstić information content (AvgIpc) is 2.56. The smallest absolute Gasteiger partial charge is 0.317 e. The average molecular weight is 364 g/mol. The van der Waals surface area contributed by atoms with E-state index in [9.17, 15) is 19.7 Å². The van der Waals surface area contributed by atoms with Crippen molar-refractivity contribution in [3.8, 4) is 0 Å². The third-order valence-corrected chi connectivity index (χ3v) is 4.58. The Morgan fingerprint density at radius 2 is 2.04 bits per heavy atom. The van der Waals surface area contributed by atoms with E-state index in [2.05, 4.69) is 10.6 Å². The number of para-hydroxylation sites is 1. The van der Waals surface area contributed by atoms with E-state index in [-0.39, 0.29) is 30.3 Å². The highest BCUT2D eigenvalue weighted by molar-refractivity contribution is 5.74. The topological polar surface area (TPSA) is 125 Å². The van der Waals surface area contributed by atoms with E-state index in [1.807, 2.05) is 11.8 Å². The number of carboxylic acid groups (broad SMARTS) is 1. The van der Waals surface area contributed by atoms with E-state index < -0.39 is 10.9 Å². The number of likely N-dealkylation sites (N-methyl/N-ethyl adjacent to an activating group) is 1. The molecule has 0 unspecified atom stereocenters. The van der Waals surface area contributed by atoms with Crippen molar-refractivity contribution in [2.24, 2.45) is 0 Å². The molecular weight excluding hydrogens is 340 g/mol. The lowest BCUT2D eigenvalue weighted by molar-refractivity contribution is -0.385. The molecule has 0 radical (unpaired) electrons. The molecule has 142 valence electrons. The molecule has 1 saturated carbocycles. The van der Waals surface area contributed by atoms with Gasteiger partial charge in [0.05, 0.1) is 11.5 Å². The molecule has 0 atom stereocenters. The first-order chi connectivity index (χ1) is 12.4. The minimum absolute atomic E-state index is 0.00986. The van der Waals surface area contributed by atoms with E-state index in [1.54, 1.807) is 18.2 Å². The summed E-state index contributed by atoms with van der Waals surface area (Å²) in [6.07, 6.45) is 1.82. The molecule has 0 aliphatic heterocycles. The van der Waals surface area contributed by atoms with Crippen molar-refractivity contribution in [3.63, 3.8) is 0 Å². The molecule has 1 aliphatic rings. The summed E-state index contributed by atoms with van der Waals surface area (Å²) >= 11 is 0. The minimum atomic E-state index is -0.851. The van der Waals surface area contributed by atoms with Crippen LogP contribution in [0, 0.1) is 10.1 Å². The molecule has 1 fully saturated rings. The highest BCUT2D eigenvalue weighted by Crippen LogP contribution is 2.25. The molecule has 9 nitrogen and oxygen atoms in total. The van der Waals surface area contributed by atoms with Crippen LogP contribution in [0.2, 0.25) is 0 Å².